The summed E-state index contributed by atoms with van der Waals surface area (Å²) in [5, 5.41) is 0. The first-order chi connectivity index (χ1) is 6.24. The van der Waals surface area contributed by atoms with Crippen LogP contribution >= 0.6 is 11.8 Å². The number of hydrogen-bond acceptors (Lipinski definition) is 3. The van der Waals surface area contributed by atoms with Gasteiger partial charge in [0.1, 0.15) is 0 Å². The molecule has 1 amide bonds. The van der Waals surface area contributed by atoms with Crippen LogP contribution in [0.25, 0.3) is 0 Å². The van der Waals surface area contributed by atoms with Crippen LogP contribution in [0.4, 0.5) is 0 Å². The van der Waals surface area contributed by atoms with Gasteiger partial charge in [0.05, 0.1) is 0 Å². The Hall–Kier alpha value is -0.220. The average Bonchev–Trinajstić information content (AvgIpc) is 2.15. The standard InChI is InChI=1S/C9H18N2OS/c1-10-4-6-11(7-5-10)9(12)3-8-13-2/h3-8H2,1-2H3. The molecule has 0 aromatic rings. The van der Waals surface area contributed by atoms with Gasteiger partial charge in [-0.2, -0.15) is 11.8 Å². The molecule has 0 aliphatic carbocycles. The highest BCUT2D eigenvalue weighted by Crippen LogP contribution is 2.04. The molecule has 0 unspecified atom stereocenters. The van der Waals surface area contributed by atoms with E-state index in [0.717, 1.165) is 31.9 Å². The smallest absolute Gasteiger partial charge is 0.223 e. The van der Waals surface area contributed by atoms with Gasteiger partial charge in [0.15, 0.2) is 0 Å². The van der Waals surface area contributed by atoms with Crippen LogP contribution in [0.1, 0.15) is 6.42 Å². The van der Waals surface area contributed by atoms with Crippen molar-refractivity contribution in [3.63, 3.8) is 0 Å². The molecule has 0 N–H and O–H groups in total. The van der Waals surface area contributed by atoms with Crippen molar-refractivity contribution in [2.45, 2.75) is 6.42 Å². The Kier molecular flexibility index (Phi) is 4.59. The minimum atomic E-state index is 0.322. The van der Waals surface area contributed by atoms with Crippen molar-refractivity contribution >= 4 is 17.7 Å². The van der Waals surface area contributed by atoms with Gasteiger partial charge in [0.25, 0.3) is 0 Å². The predicted octanol–water partition coefficient (Wildman–Crippen LogP) is 0.514. The maximum absolute atomic E-state index is 11.6. The van der Waals surface area contributed by atoms with E-state index in [4.69, 9.17) is 0 Å². The normalized spacial score (nSPS) is 19.1. The van der Waals surface area contributed by atoms with Crippen LogP contribution in [0.2, 0.25) is 0 Å². The van der Waals surface area contributed by atoms with Crippen LogP contribution < -0.4 is 0 Å². The molecule has 1 rings (SSSR count). The number of rotatable bonds is 3. The van der Waals surface area contributed by atoms with E-state index in [1.54, 1.807) is 11.8 Å². The van der Waals surface area contributed by atoms with Gasteiger partial charge >= 0.3 is 0 Å². The van der Waals surface area contributed by atoms with Gasteiger partial charge in [0, 0.05) is 38.4 Å². The molecular weight excluding hydrogens is 184 g/mol. The lowest BCUT2D eigenvalue weighted by atomic mass is 10.3. The molecule has 1 saturated heterocycles. The molecule has 0 atom stereocenters. The van der Waals surface area contributed by atoms with E-state index in [9.17, 15) is 4.79 Å². The van der Waals surface area contributed by atoms with Gasteiger partial charge in [-0.05, 0) is 13.3 Å². The predicted molar refractivity (Wildman–Crippen MR) is 57.1 cm³/mol. The van der Waals surface area contributed by atoms with Crippen molar-refractivity contribution in [2.75, 3.05) is 45.2 Å². The molecule has 4 heteroatoms. The molecule has 1 aliphatic heterocycles. The molecule has 13 heavy (non-hydrogen) atoms. The highest BCUT2D eigenvalue weighted by atomic mass is 32.2. The monoisotopic (exact) mass is 202 g/mol. The summed E-state index contributed by atoms with van der Waals surface area (Å²) >= 11 is 1.74. The molecule has 1 fully saturated rings. The quantitative estimate of drug-likeness (QED) is 0.666. The van der Waals surface area contributed by atoms with Gasteiger partial charge in [0.2, 0.25) is 5.91 Å². The zero-order valence-corrected chi connectivity index (χ0v) is 9.27. The Bertz CT molecular complexity index is 167. The zero-order chi connectivity index (χ0) is 9.68. The Morgan fingerprint density at radius 3 is 2.46 bits per heavy atom. The number of amides is 1. The third kappa shape index (κ3) is 3.56. The molecule has 0 radical (unpaired) electrons. The second-order valence-corrected chi connectivity index (χ2v) is 4.41. The first-order valence-corrected chi connectivity index (χ1v) is 6.08. The largest absolute Gasteiger partial charge is 0.340 e. The van der Waals surface area contributed by atoms with E-state index >= 15 is 0 Å². The fourth-order valence-corrected chi connectivity index (χ4v) is 1.78. The van der Waals surface area contributed by atoms with Gasteiger partial charge in [-0.25, -0.2) is 0 Å². The maximum Gasteiger partial charge on any atom is 0.223 e. The fourth-order valence-electron chi connectivity index (χ4n) is 1.40. The lowest BCUT2D eigenvalue weighted by Gasteiger charge is -2.32. The number of carbonyl (C=O) groups is 1. The van der Waals surface area contributed by atoms with Gasteiger partial charge in [-0.1, -0.05) is 0 Å². The molecule has 0 aromatic carbocycles. The second kappa shape index (κ2) is 5.50. The number of piperazine rings is 1. The molecular formula is C9H18N2OS. The molecule has 3 nitrogen and oxygen atoms in total. The van der Waals surface area contributed by atoms with E-state index in [1.165, 1.54) is 0 Å². The molecule has 1 aliphatic rings. The fraction of sp³-hybridized carbons (Fsp3) is 0.889. The van der Waals surface area contributed by atoms with Gasteiger partial charge < -0.3 is 9.80 Å². The maximum atomic E-state index is 11.6. The van der Waals surface area contributed by atoms with Gasteiger partial charge in [-0.3, -0.25) is 4.79 Å². The zero-order valence-electron chi connectivity index (χ0n) is 8.45. The minimum absolute atomic E-state index is 0.322. The summed E-state index contributed by atoms with van der Waals surface area (Å²) in [4.78, 5) is 15.8. The van der Waals surface area contributed by atoms with E-state index in [2.05, 4.69) is 11.9 Å². The Morgan fingerprint density at radius 2 is 1.92 bits per heavy atom. The first kappa shape index (κ1) is 10.9. The SMILES string of the molecule is CSCCC(=O)N1CCN(C)CC1. The number of thioether (sulfide) groups is 1. The molecule has 1 heterocycles. The summed E-state index contributed by atoms with van der Waals surface area (Å²) in [5.74, 6) is 1.27. The lowest BCUT2D eigenvalue weighted by Crippen LogP contribution is -2.47. The third-order valence-electron chi connectivity index (χ3n) is 2.38. The Balaban J connectivity index is 2.23. The third-order valence-corrected chi connectivity index (χ3v) is 2.99. The summed E-state index contributed by atoms with van der Waals surface area (Å²) in [6.07, 6.45) is 2.74. The summed E-state index contributed by atoms with van der Waals surface area (Å²) in [6, 6.07) is 0. The van der Waals surface area contributed by atoms with Crippen molar-refractivity contribution in [2.24, 2.45) is 0 Å². The van der Waals surface area contributed by atoms with Crippen LogP contribution in [0, 0.1) is 0 Å². The molecule has 0 spiro atoms. The molecule has 0 bridgehead atoms. The van der Waals surface area contributed by atoms with Gasteiger partial charge in [-0.15, -0.1) is 0 Å². The van der Waals surface area contributed by atoms with Crippen LogP contribution in [0.5, 0.6) is 0 Å². The van der Waals surface area contributed by atoms with Crippen LogP contribution in [-0.2, 0) is 4.79 Å². The highest BCUT2D eigenvalue weighted by molar-refractivity contribution is 7.98. The lowest BCUT2D eigenvalue weighted by molar-refractivity contribution is -0.132. The van der Waals surface area contributed by atoms with E-state index in [1.807, 2.05) is 11.2 Å². The topological polar surface area (TPSA) is 23.6 Å². The highest BCUT2D eigenvalue weighted by Gasteiger charge is 2.17. The summed E-state index contributed by atoms with van der Waals surface area (Å²) in [7, 11) is 2.10. The van der Waals surface area contributed by atoms with Crippen molar-refractivity contribution in [3.05, 3.63) is 0 Å². The van der Waals surface area contributed by atoms with E-state index in [0.29, 0.717) is 12.3 Å². The summed E-state index contributed by atoms with van der Waals surface area (Å²) < 4.78 is 0. The van der Waals surface area contributed by atoms with Crippen LogP contribution in [0.3, 0.4) is 0 Å². The van der Waals surface area contributed by atoms with Crippen molar-refractivity contribution in [1.29, 1.82) is 0 Å². The van der Waals surface area contributed by atoms with Crippen molar-refractivity contribution < 1.29 is 4.79 Å². The first-order valence-electron chi connectivity index (χ1n) is 4.69. The Labute approximate surface area is 84.5 Å². The molecule has 76 valence electrons. The van der Waals surface area contributed by atoms with Crippen molar-refractivity contribution in [3.8, 4) is 0 Å². The number of nitrogens with zero attached hydrogens (tertiary/aromatic N) is 2. The van der Waals surface area contributed by atoms with Crippen LogP contribution in [-0.4, -0.2) is 60.9 Å². The number of hydrogen-bond donors (Lipinski definition) is 0. The average molecular weight is 202 g/mol. The number of carbonyl (C=O) groups excluding carboxylic acids is 1. The second-order valence-electron chi connectivity index (χ2n) is 3.43. The Morgan fingerprint density at radius 1 is 1.31 bits per heavy atom. The van der Waals surface area contributed by atoms with E-state index < -0.39 is 0 Å². The van der Waals surface area contributed by atoms with E-state index in [-0.39, 0.29) is 0 Å². The summed E-state index contributed by atoms with van der Waals surface area (Å²) in [5.41, 5.74) is 0. The summed E-state index contributed by atoms with van der Waals surface area (Å²) in [6.45, 7) is 3.85. The van der Waals surface area contributed by atoms with Crippen LogP contribution in [0.15, 0.2) is 0 Å². The minimum Gasteiger partial charge on any atom is -0.340 e. The number of likely N-dealkylation sites (N-methyl/N-ethyl adjacent to an activating group) is 1. The van der Waals surface area contributed by atoms with Crippen molar-refractivity contribution in [1.82, 2.24) is 9.80 Å². The molecule has 0 saturated carbocycles. The molecule has 0 aromatic heterocycles.